The van der Waals surface area contributed by atoms with E-state index in [1.165, 1.54) is 0 Å². The van der Waals surface area contributed by atoms with Crippen molar-refractivity contribution in [3.05, 3.63) is 45.1 Å². The second kappa shape index (κ2) is 4.94. The number of aromatic amines is 1. The van der Waals surface area contributed by atoms with Crippen LogP contribution in [0.5, 0.6) is 0 Å². The Balaban J connectivity index is 2.25. The van der Waals surface area contributed by atoms with Crippen LogP contribution in [0, 0.1) is 20.8 Å². The molecule has 0 radical (unpaired) electrons. The van der Waals surface area contributed by atoms with Crippen molar-refractivity contribution in [2.24, 2.45) is 0 Å². The first kappa shape index (κ1) is 12.8. The van der Waals surface area contributed by atoms with Gasteiger partial charge in [-0.2, -0.15) is 5.10 Å². The molecule has 0 unspecified atom stereocenters. The monoisotopic (exact) mass is 307 g/mol. The number of rotatable bonds is 2. The van der Waals surface area contributed by atoms with Gasteiger partial charge in [0.15, 0.2) is 5.82 Å². The van der Waals surface area contributed by atoms with Crippen molar-refractivity contribution in [2.45, 2.75) is 20.8 Å². The smallest absolute Gasteiger partial charge is 0.257 e. The summed E-state index contributed by atoms with van der Waals surface area (Å²) in [6.45, 7) is 5.74. The molecule has 2 rings (SSSR count). The summed E-state index contributed by atoms with van der Waals surface area (Å²) in [5.41, 5.74) is 3.49. The highest BCUT2D eigenvalue weighted by Crippen LogP contribution is 2.19. The molecule has 4 nitrogen and oxygen atoms in total. The van der Waals surface area contributed by atoms with E-state index >= 15 is 0 Å². The minimum absolute atomic E-state index is 0.144. The number of hydrogen-bond donors (Lipinski definition) is 2. The number of halogens is 1. The summed E-state index contributed by atoms with van der Waals surface area (Å²) >= 11 is 3.38. The Morgan fingerprint density at radius 2 is 2.06 bits per heavy atom. The molecule has 0 aliphatic carbocycles. The van der Waals surface area contributed by atoms with E-state index in [2.05, 4.69) is 31.4 Å². The quantitative estimate of drug-likeness (QED) is 0.894. The summed E-state index contributed by atoms with van der Waals surface area (Å²) < 4.78 is 0.961. The lowest BCUT2D eigenvalue weighted by Crippen LogP contribution is -2.14. The van der Waals surface area contributed by atoms with Gasteiger partial charge >= 0.3 is 0 Å². The van der Waals surface area contributed by atoms with Gasteiger partial charge in [0.1, 0.15) is 0 Å². The molecule has 18 heavy (non-hydrogen) atoms. The van der Waals surface area contributed by atoms with Crippen molar-refractivity contribution in [1.29, 1.82) is 0 Å². The molecule has 2 aromatic rings. The van der Waals surface area contributed by atoms with E-state index < -0.39 is 0 Å². The molecular weight excluding hydrogens is 294 g/mol. The van der Waals surface area contributed by atoms with Gasteiger partial charge in [-0.15, -0.1) is 0 Å². The van der Waals surface area contributed by atoms with Gasteiger partial charge in [-0.25, -0.2) is 0 Å². The normalized spacial score (nSPS) is 10.4. The highest BCUT2D eigenvalue weighted by Gasteiger charge is 2.13. The van der Waals surface area contributed by atoms with Gasteiger partial charge in [-0.05, 0) is 44.5 Å². The first-order chi connectivity index (χ1) is 8.49. The summed E-state index contributed by atoms with van der Waals surface area (Å²) in [5, 5.41) is 9.72. The number of amides is 1. The molecule has 0 atom stereocenters. The van der Waals surface area contributed by atoms with Crippen molar-refractivity contribution in [3.8, 4) is 0 Å². The second-order valence-electron chi connectivity index (χ2n) is 4.24. The van der Waals surface area contributed by atoms with Gasteiger partial charge in [0, 0.05) is 21.3 Å². The molecular formula is C13H14BrN3O. The van der Waals surface area contributed by atoms with Gasteiger partial charge in [-0.1, -0.05) is 15.9 Å². The topological polar surface area (TPSA) is 57.8 Å². The molecule has 0 saturated heterocycles. The predicted molar refractivity (Wildman–Crippen MR) is 74.9 cm³/mol. The fraction of sp³-hybridized carbons (Fsp3) is 0.231. The predicted octanol–water partition coefficient (Wildman–Crippen LogP) is 3.35. The molecule has 0 saturated carbocycles. The Bertz CT molecular complexity index is 604. The number of benzene rings is 1. The lowest BCUT2D eigenvalue weighted by atomic mass is 10.1. The van der Waals surface area contributed by atoms with E-state index in [1.807, 2.05) is 32.9 Å². The number of nitrogens with one attached hydrogen (secondary N) is 2. The molecule has 0 aliphatic heterocycles. The zero-order valence-electron chi connectivity index (χ0n) is 10.5. The van der Waals surface area contributed by atoms with Crippen LogP contribution in [0.3, 0.4) is 0 Å². The number of aryl methyl sites for hydroxylation is 2. The van der Waals surface area contributed by atoms with Crippen molar-refractivity contribution in [2.75, 3.05) is 5.32 Å². The summed E-state index contributed by atoms with van der Waals surface area (Å²) in [5.74, 6) is 0.439. The van der Waals surface area contributed by atoms with E-state index in [4.69, 9.17) is 0 Å². The van der Waals surface area contributed by atoms with Gasteiger partial charge in [0.2, 0.25) is 0 Å². The third kappa shape index (κ3) is 2.46. The highest BCUT2D eigenvalue weighted by atomic mass is 79.9. The first-order valence-corrected chi connectivity index (χ1v) is 6.37. The molecule has 1 amide bonds. The Labute approximate surface area is 114 Å². The zero-order chi connectivity index (χ0) is 13.3. The second-order valence-corrected chi connectivity index (χ2v) is 5.15. The standard InChI is InChI=1S/C13H14BrN3O/c1-7-6-10(14)4-5-11(7)13(18)15-12-8(2)9(3)16-17-12/h4-6H,1-3H3,(H2,15,16,17,18). The number of H-pyrrole nitrogens is 1. The number of aromatic nitrogens is 2. The van der Waals surface area contributed by atoms with Crippen LogP contribution in [0.2, 0.25) is 0 Å². The number of anilines is 1. The third-order valence-electron chi connectivity index (χ3n) is 2.92. The lowest BCUT2D eigenvalue weighted by Gasteiger charge is -2.06. The third-order valence-corrected chi connectivity index (χ3v) is 3.41. The maximum absolute atomic E-state index is 12.1. The highest BCUT2D eigenvalue weighted by molar-refractivity contribution is 9.10. The van der Waals surface area contributed by atoms with Crippen molar-refractivity contribution >= 4 is 27.7 Å². The minimum atomic E-state index is -0.144. The Morgan fingerprint density at radius 3 is 2.61 bits per heavy atom. The molecule has 1 heterocycles. The van der Waals surface area contributed by atoms with Crippen LogP contribution in [-0.4, -0.2) is 16.1 Å². The molecule has 1 aromatic carbocycles. The Morgan fingerprint density at radius 1 is 1.33 bits per heavy atom. The summed E-state index contributed by atoms with van der Waals surface area (Å²) in [6, 6.07) is 5.56. The maximum Gasteiger partial charge on any atom is 0.257 e. The van der Waals surface area contributed by atoms with E-state index in [-0.39, 0.29) is 5.91 Å². The van der Waals surface area contributed by atoms with E-state index in [1.54, 1.807) is 6.07 Å². The average Bonchev–Trinajstić information content (AvgIpc) is 2.61. The number of nitrogens with zero attached hydrogens (tertiary/aromatic N) is 1. The van der Waals surface area contributed by atoms with Crippen LogP contribution in [0.1, 0.15) is 27.2 Å². The lowest BCUT2D eigenvalue weighted by molar-refractivity contribution is 0.102. The fourth-order valence-electron chi connectivity index (χ4n) is 1.66. The van der Waals surface area contributed by atoms with Gasteiger partial charge in [-0.3, -0.25) is 9.89 Å². The number of hydrogen-bond acceptors (Lipinski definition) is 2. The molecule has 0 fully saturated rings. The van der Waals surface area contributed by atoms with Crippen LogP contribution < -0.4 is 5.32 Å². The van der Waals surface area contributed by atoms with Crippen molar-refractivity contribution in [1.82, 2.24) is 10.2 Å². The molecule has 0 bridgehead atoms. The van der Waals surface area contributed by atoms with Gasteiger partial charge < -0.3 is 5.32 Å². The molecule has 5 heteroatoms. The summed E-state index contributed by atoms with van der Waals surface area (Å²) in [4.78, 5) is 12.1. The Kier molecular flexibility index (Phi) is 3.52. The van der Waals surface area contributed by atoms with E-state index in [9.17, 15) is 4.79 Å². The molecule has 1 aromatic heterocycles. The van der Waals surface area contributed by atoms with Crippen LogP contribution in [0.15, 0.2) is 22.7 Å². The van der Waals surface area contributed by atoms with Crippen LogP contribution in [0.4, 0.5) is 5.82 Å². The van der Waals surface area contributed by atoms with Gasteiger partial charge in [0.05, 0.1) is 0 Å². The fourth-order valence-corrected chi connectivity index (χ4v) is 2.14. The zero-order valence-corrected chi connectivity index (χ0v) is 12.1. The molecule has 0 aliphatic rings. The van der Waals surface area contributed by atoms with E-state index in [0.717, 1.165) is 21.3 Å². The maximum atomic E-state index is 12.1. The minimum Gasteiger partial charge on any atom is -0.305 e. The first-order valence-electron chi connectivity index (χ1n) is 5.58. The number of carbonyl (C=O) groups excluding carboxylic acids is 1. The van der Waals surface area contributed by atoms with E-state index in [0.29, 0.717) is 11.4 Å². The molecule has 2 N–H and O–H groups in total. The van der Waals surface area contributed by atoms with Gasteiger partial charge in [0.25, 0.3) is 5.91 Å². The molecule has 0 spiro atoms. The summed E-state index contributed by atoms with van der Waals surface area (Å²) in [6.07, 6.45) is 0. The van der Waals surface area contributed by atoms with Crippen molar-refractivity contribution < 1.29 is 4.79 Å². The largest absolute Gasteiger partial charge is 0.305 e. The van der Waals surface area contributed by atoms with Crippen LogP contribution >= 0.6 is 15.9 Å². The summed E-state index contributed by atoms with van der Waals surface area (Å²) in [7, 11) is 0. The number of carbonyl (C=O) groups is 1. The van der Waals surface area contributed by atoms with Crippen LogP contribution in [-0.2, 0) is 0 Å². The Hall–Kier alpha value is -1.62. The average molecular weight is 308 g/mol. The SMILES string of the molecule is Cc1cc(Br)ccc1C(=O)Nc1n[nH]c(C)c1C. The van der Waals surface area contributed by atoms with Crippen molar-refractivity contribution in [3.63, 3.8) is 0 Å². The van der Waals surface area contributed by atoms with Crippen LogP contribution in [0.25, 0.3) is 0 Å². The molecule has 94 valence electrons.